The predicted octanol–water partition coefficient (Wildman–Crippen LogP) is 5.19. The smallest absolute Gasteiger partial charge is 0.406 e. The van der Waals surface area contributed by atoms with Gasteiger partial charge in [-0.05, 0) is 58.5 Å². The van der Waals surface area contributed by atoms with E-state index in [1.165, 1.54) is 6.07 Å². The van der Waals surface area contributed by atoms with Crippen LogP contribution in [0.15, 0.2) is 47.1 Å². The van der Waals surface area contributed by atoms with Crippen LogP contribution in [0.2, 0.25) is 0 Å². The molecule has 1 fully saturated rings. The first-order chi connectivity index (χ1) is 19.3. The van der Waals surface area contributed by atoms with Gasteiger partial charge in [0.1, 0.15) is 18.4 Å². The predicted molar refractivity (Wildman–Crippen MR) is 146 cm³/mol. The minimum Gasteiger partial charge on any atom is -0.417 e. The maximum absolute atomic E-state index is 14.7. The van der Waals surface area contributed by atoms with Crippen LogP contribution in [0.5, 0.6) is 0 Å². The summed E-state index contributed by atoms with van der Waals surface area (Å²) in [6.07, 6.45) is -1.55. The Balaban J connectivity index is 1.40. The highest BCUT2D eigenvalue weighted by Crippen LogP contribution is 2.35. The number of amides is 1. The largest absolute Gasteiger partial charge is 0.417 e. The van der Waals surface area contributed by atoms with Crippen molar-refractivity contribution in [2.75, 3.05) is 25.5 Å². The molecule has 1 saturated heterocycles. The Kier molecular flexibility index (Phi) is 7.58. The number of aromatic nitrogens is 4. The third kappa shape index (κ3) is 6.39. The van der Waals surface area contributed by atoms with Crippen molar-refractivity contribution in [3.05, 3.63) is 54.2 Å². The van der Waals surface area contributed by atoms with Crippen LogP contribution in [0.25, 0.3) is 22.5 Å². The topological polar surface area (TPSA) is 93.2 Å². The summed E-state index contributed by atoms with van der Waals surface area (Å²) >= 11 is 0. The van der Waals surface area contributed by atoms with Gasteiger partial charge in [0.15, 0.2) is 0 Å². The third-order valence-electron chi connectivity index (χ3n) is 7.18. The van der Waals surface area contributed by atoms with Crippen molar-refractivity contribution in [1.29, 1.82) is 0 Å². The van der Waals surface area contributed by atoms with Gasteiger partial charge in [-0.1, -0.05) is 6.07 Å². The van der Waals surface area contributed by atoms with E-state index in [0.29, 0.717) is 35.1 Å². The number of carbonyl (C=O) groups excluding carboxylic acids is 1. The molecular weight excluding hydrogens is 542 g/mol. The van der Waals surface area contributed by atoms with E-state index >= 15 is 0 Å². The summed E-state index contributed by atoms with van der Waals surface area (Å²) in [5, 5.41) is 14.3. The molecule has 0 saturated carbocycles. The zero-order valence-electron chi connectivity index (χ0n) is 23.3. The molecule has 9 nitrogen and oxygen atoms in total. The first kappa shape index (κ1) is 28.7. The standard InChI is InChI=1S/C28H33F4N7O2/c1-27(2,3)38-11-8-17(14-38)25(40)33-13-24-35-36-26(41-24)23-12-18-20(34-21-9-10-37(4)15-19(21)29)6-5-7-22(18)39(23)16-28(30,31)32/h5-8,11-12,14,19,21,34H,9-10,13,15-16H2,1-4H3,(H,33,40)/t19-,21+/m0/s1. The summed E-state index contributed by atoms with van der Waals surface area (Å²) in [6.45, 7) is 5.63. The van der Waals surface area contributed by atoms with E-state index in [4.69, 9.17) is 4.42 Å². The van der Waals surface area contributed by atoms with E-state index in [1.54, 1.807) is 30.5 Å². The lowest BCUT2D eigenvalue weighted by atomic mass is 10.0. The molecule has 1 aromatic carbocycles. The SMILES string of the molecule is CN1CC[C@@H](Nc2cccc3c2cc(-c2nnc(CNC(=O)c4ccn(C(C)(C)C)c4)o2)n3CC(F)(F)F)[C@@H](F)C1. The lowest BCUT2D eigenvalue weighted by molar-refractivity contribution is -0.139. The van der Waals surface area contributed by atoms with Gasteiger partial charge in [0.05, 0.1) is 23.7 Å². The van der Waals surface area contributed by atoms with Crippen molar-refractivity contribution in [2.45, 2.75) is 64.2 Å². The molecule has 0 radical (unpaired) electrons. The van der Waals surface area contributed by atoms with Gasteiger partial charge in [-0.25, -0.2) is 4.39 Å². The molecule has 41 heavy (non-hydrogen) atoms. The van der Waals surface area contributed by atoms with Gasteiger partial charge >= 0.3 is 6.18 Å². The molecule has 5 rings (SSSR count). The first-order valence-corrected chi connectivity index (χ1v) is 13.4. The monoisotopic (exact) mass is 575 g/mol. The van der Waals surface area contributed by atoms with E-state index in [-0.39, 0.29) is 42.0 Å². The van der Waals surface area contributed by atoms with Crippen LogP contribution in [0.3, 0.4) is 0 Å². The number of hydrogen-bond donors (Lipinski definition) is 2. The maximum Gasteiger partial charge on any atom is 0.406 e. The number of halogens is 4. The van der Waals surface area contributed by atoms with Crippen LogP contribution >= 0.6 is 0 Å². The molecule has 2 N–H and O–H groups in total. The number of anilines is 1. The zero-order valence-corrected chi connectivity index (χ0v) is 23.3. The molecule has 0 aliphatic carbocycles. The molecule has 4 heterocycles. The number of carbonyl (C=O) groups is 1. The molecule has 1 amide bonds. The van der Waals surface area contributed by atoms with Crippen molar-refractivity contribution in [1.82, 2.24) is 29.5 Å². The van der Waals surface area contributed by atoms with Gasteiger partial charge in [-0.3, -0.25) is 4.79 Å². The van der Waals surface area contributed by atoms with E-state index in [1.807, 2.05) is 43.5 Å². The van der Waals surface area contributed by atoms with Crippen LogP contribution in [0.1, 0.15) is 43.4 Å². The summed E-state index contributed by atoms with van der Waals surface area (Å²) in [6, 6.07) is 7.68. The van der Waals surface area contributed by atoms with Crippen molar-refractivity contribution >= 4 is 22.5 Å². The lowest BCUT2D eigenvalue weighted by Gasteiger charge is -2.33. The molecular formula is C28H33F4N7O2. The minimum absolute atomic E-state index is 0.0392. The second-order valence-electron chi connectivity index (χ2n) is 11.4. The van der Waals surface area contributed by atoms with Gasteiger partial charge in [-0.15, -0.1) is 10.2 Å². The van der Waals surface area contributed by atoms with Crippen molar-refractivity contribution < 1.29 is 26.8 Å². The van der Waals surface area contributed by atoms with Gasteiger partial charge in [0.25, 0.3) is 11.8 Å². The van der Waals surface area contributed by atoms with Gasteiger partial charge in [0.2, 0.25) is 5.89 Å². The molecule has 1 aliphatic rings. The highest BCUT2D eigenvalue weighted by atomic mass is 19.4. The molecule has 4 aromatic rings. The van der Waals surface area contributed by atoms with Crippen LogP contribution in [0, 0.1) is 0 Å². The van der Waals surface area contributed by atoms with Gasteiger partial charge in [0, 0.05) is 42.1 Å². The minimum atomic E-state index is -4.53. The molecule has 0 bridgehead atoms. The third-order valence-corrected chi connectivity index (χ3v) is 7.18. The molecule has 0 unspecified atom stereocenters. The molecule has 0 spiro atoms. The van der Waals surface area contributed by atoms with Gasteiger partial charge in [-0.2, -0.15) is 13.2 Å². The van der Waals surface area contributed by atoms with Crippen molar-refractivity contribution in [3.8, 4) is 11.6 Å². The van der Waals surface area contributed by atoms with Crippen LogP contribution in [0.4, 0.5) is 23.2 Å². The Bertz CT molecular complexity index is 1530. The van der Waals surface area contributed by atoms with Crippen molar-refractivity contribution in [2.24, 2.45) is 0 Å². The number of fused-ring (bicyclic) bond motifs is 1. The number of nitrogens with zero attached hydrogens (tertiary/aromatic N) is 5. The molecule has 2 atom stereocenters. The normalized spacial score (nSPS) is 18.6. The first-order valence-electron chi connectivity index (χ1n) is 13.4. The number of piperidine rings is 1. The quantitative estimate of drug-likeness (QED) is 0.295. The molecule has 13 heteroatoms. The Morgan fingerprint density at radius 3 is 2.63 bits per heavy atom. The second kappa shape index (κ2) is 10.8. The Morgan fingerprint density at radius 2 is 1.95 bits per heavy atom. The summed E-state index contributed by atoms with van der Waals surface area (Å²) in [7, 11) is 1.85. The van der Waals surface area contributed by atoms with Gasteiger partial charge < -0.3 is 29.1 Å². The fourth-order valence-corrected chi connectivity index (χ4v) is 4.99. The van der Waals surface area contributed by atoms with E-state index in [9.17, 15) is 22.4 Å². The molecule has 220 valence electrons. The highest BCUT2D eigenvalue weighted by Gasteiger charge is 2.32. The summed E-state index contributed by atoms with van der Waals surface area (Å²) in [4.78, 5) is 14.5. The average molecular weight is 576 g/mol. The number of likely N-dealkylation sites (tertiary alicyclic amines) is 1. The lowest BCUT2D eigenvalue weighted by Crippen LogP contribution is -2.46. The fourth-order valence-electron chi connectivity index (χ4n) is 4.99. The fraction of sp³-hybridized carbons (Fsp3) is 0.464. The Morgan fingerprint density at radius 1 is 1.17 bits per heavy atom. The number of rotatable bonds is 7. The van der Waals surface area contributed by atoms with Crippen LogP contribution < -0.4 is 10.6 Å². The summed E-state index contributed by atoms with van der Waals surface area (Å²) in [5.74, 6) is -0.436. The zero-order chi connectivity index (χ0) is 29.5. The molecule has 1 aliphatic heterocycles. The van der Waals surface area contributed by atoms with Crippen molar-refractivity contribution in [3.63, 3.8) is 0 Å². The Labute approximate surface area is 234 Å². The number of hydrogen-bond acceptors (Lipinski definition) is 6. The highest BCUT2D eigenvalue weighted by molar-refractivity contribution is 5.96. The second-order valence-corrected chi connectivity index (χ2v) is 11.4. The summed E-state index contributed by atoms with van der Waals surface area (Å²) in [5.41, 5.74) is 1.15. The van der Waals surface area contributed by atoms with E-state index < -0.39 is 24.9 Å². The molecule has 3 aromatic heterocycles. The Hall–Kier alpha value is -3.87. The maximum atomic E-state index is 14.7. The average Bonchev–Trinajstić information content (AvgIpc) is 3.63. The number of nitrogens with one attached hydrogen (secondary N) is 2. The summed E-state index contributed by atoms with van der Waals surface area (Å²) < 4.78 is 64.4. The number of alkyl halides is 4. The van der Waals surface area contributed by atoms with Crippen LogP contribution in [-0.4, -0.2) is 68.7 Å². The number of benzene rings is 1. The van der Waals surface area contributed by atoms with Crippen LogP contribution in [-0.2, 0) is 18.6 Å². The van der Waals surface area contributed by atoms with E-state index in [0.717, 1.165) is 4.57 Å². The van der Waals surface area contributed by atoms with E-state index in [2.05, 4.69) is 20.8 Å².